The number of benzene rings is 1. The second-order valence-electron chi connectivity index (χ2n) is 4.66. The van der Waals surface area contributed by atoms with Gasteiger partial charge in [-0.3, -0.25) is 4.79 Å². The molecule has 0 spiro atoms. The molecule has 1 aliphatic rings. The minimum absolute atomic E-state index is 0.0745. The van der Waals surface area contributed by atoms with Crippen molar-refractivity contribution >= 4 is 5.91 Å². The zero-order valence-electron chi connectivity index (χ0n) is 10.1. The number of carbonyl (C=O) groups excluding carboxylic acids is 1. The van der Waals surface area contributed by atoms with Crippen LogP contribution >= 0.6 is 0 Å². The summed E-state index contributed by atoms with van der Waals surface area (Å²) < 4.78 is 0. The van der Waals surface area contributed by atoms with Crippen molar-refractivity contribution in [3.8, 4) is 12.3 Å². The molecule has 17 heavy (non-hydrogen) atoms. The fraction of sp³-hybridized carbons (Fsp3) is 0.400. The van der Waals surface area contributed by atoms with Crippen molar-refractivity contribution in [1.29, 1.82) is 0 Å². The molecule has 1 aliphatic heterocycles. The minimum atomic E-state index is 0.0745. The van der Waals surface area contributed by atoms with Gasteiger partial charge in [-0.25, -0.2) is 0 Å². The molecule has 2 nitrogen and oxygen atoms in total. The van der Waals surface area contributed by atoms with E-state index in [1.54, 1.807) is 0 Å². The molecule has 88 valence electrons. The molecular weight excluding hydrogens is 210 g/mol. The Morgan fingerprint density at radius 3 is 2.65 bits per heavy atom. The zero-order valence-corrected chi connectivity index (χ0v) is 10.1. The van der Waals surface area contributed by atoms with E-state index < -0.39 is 0 Å². The molecule has 1 saturated heterocycles. The Morgan fingerprint density at radius 1 is 1.35 bits per heavy atom. The minimum Gasteiger partial charge on any atom is -0.339 e. The molecule has 0 atom stereocenters. The van der Waals surface area contributed by atoms with Crippen molar-refractivity contribution in [1.82, 2.24) is 4.90 Å². The average molecular weight is 227 g/mol. The number of carbonyl (C=O) groups is 1. The molecule has 0 radical (unpaired) electrons. The first kappa shape index (κ1) is 11.7. The van der Waals surface area contributed by atoms with Crippen molar-refractivity contribution < 1.29 is 4.79 Å². The number of piperidine rings is 1. The van der Waals surface area contributed by atoms with Gasteiger partial charge < -0.3 is 4.90 Å². The van der Waals surface area contributed by atoms with Crippen LogP contribution in [0.15, 0.2) is 24.3 Å². The molecule has 0 N–H and O–H groups in total. The van der Waals surface area contributed by atoms with Crippen molar-refractivity contribution in [2.75, 3.05) is 13.1 Å². The van der Waals surface area contributed by atoms with Crippen LogP contribution in [0.1, 0.15) is 35.7 Å². The van der Waals surface area contributed by atoms with E-state index in [9.17, 15) is 4.79 Å². The lowest BCUT2D eigenvalue weighted by atomic mass is 9.98. The molecule has 0 unspecified atom stereocenters. The predicted molar refractivity (Wildman–Crippen MR) is 68.7 cm³/mol. The van der Waals surface area contributed by atoms with Crippen molar-refractivity contribution in [2.45, 2.75) is 19.8 Å². The van der Waals surface area contributed by atoms with Gasteiger partial charge in [-0.15, -0.1) is 6.42 Å². The highest BCUT2D eigenvalue weighted by Crippen LogP contribution is 2.19. The molecule has 1 amide bonds. The van der Waals surface area contributed by atoms with Gasteiger partial charge in [0.05, 0.1) is 5.56 Å². The summed E-state index contributed by atoms with van der Waals surface area (Å²) in [6.07, 6.45) is 7.59. The lowest BCUT2D eigenvalue weighted by Crippen LogP contribution is -2.38. The summed E-state index contributed by atoms with van der Waals surface area (Å²) in [7, 11) is 0. The van der Waals surface area contributed by atoms with Gasteiger partial charge in [0.15, 0.2) is 0 Å². The smallest absolute Gasteiger partial charge is 0.255 e. The summed E-state index contributed by atoms with van der Waals surface area (Å²) in [6.45, 7) is 3.93. The molecule has 0 aliphatic carbocycles. The maximum atomic E-state index is 12.3. The quantitative estimate of drug-likeness (QED) is 0.675. The van der Waals surface area contributed by atoms with Crippen LogP contribution in [0.25, 0.3) is 0 Å². The Balaban J connectivity index is 2.17. The van der Waals surface area contributed by atoms with E-state index in [4.69, 9.17) is 6.42 Å². The number of hydrogen-bond donors (Lipinski definition) is 0. The van der Waals surface area contributed by atoms with Crippen molar-refractivity contribution in [3.63, 3.8) is 0 Å². The van der Waals surface area contributed by atoms with Gasteiger partial charge in [-0.05, 0) is 30.9 Å². The van der Waals surface area contributed by atoms with Gasteiger partial charge in [0, 0.05) is 18.7 Å². The Labute approximate surface area is 103 Å². The molecule has 1 fully saturated rings. The Morgan fingerprint density at radius 2 is 2.00 bits per heavy atom. The topological polar surface area (TPSA) is 20.3 Å². The van der Waals surface area contributed by atoms with Crippen LogP contribution in [0.2, 0.25) is 0 Å². The summed E-state index contributed by atoms with van der Waals surface area (Å²) in [5, 5.41) is 0. The monoisotopic (exact) mass is 227 g/mol. The van der Waals surface area contributed by atoms with Crippen molar-refractivity contribution in [3.05, 3.63) is 35.4 Å². The SMILES string of the molecule is C#Cc1ccccc1C(=O)N1CCC(C)CC1. The molecular formula is C15H17NO. The number of amides is 1. The molecule has 2 rings (SSSR count). The highest BCUT2D eigenvalue weighted by Gasteiger charge is 2.22. The first-order chi connectivity index (χ1) is 8.22. The summed E-state index contributed by atoms with van der Waals surface area (Å²) in [5.74, 6) is 3.38. The first-order valence-electron chi connectivity index (χ1n) is 6.07. The Hall–Kier alpha value is -1.75. The predicted octanol–water partition coefficient (Wildman–Crippen LogP) is 2.54. The first-order valence-corrected chi connectivity index (χ1v) is 6.07. The Kier molecular flexibility index (Phi) is 3.49. The van der Waals surface area contributed by atoms with Gasteiger partial charge >= 0.3 is 0 Å². The molecule has 0 aromatic heterocycles. The largest absolute Gasteiger partial charge is 0.339 e. The molecule has 0 saturated carbocycles. The fourth-order valence-electron chi connectivity index (χ4n) is 2.18. The second kappa shape index (κ2) is 5.05. The number of rotatable bonds is 1. The average Bonchev–Trinajstić information content (AvgIpc) is 2.39. The lowest BCUT2D eigenvalue weighted by molar-refractivity contribution is 0.0697. The molecule has 1 aromatic carbocycles. The second-order valence-corrected chi connectivity index (χ2v) is 4.66. The van der Waals surface area contributed by atoms with E-state index in [1.165, 1.54) is 0 Å². The van der Waals surface area contributed by atoms with Crippen LogP contribution in [-0.4, -0.2) is 23.9 Å². The van der Waals surface area contributed by atoms with Gasteiger partial charge in [0.1, 0.15) is 0 Å². The van der Waals surface area contributed by atoms with Crippen LogP contribution in [-0.2, 0) is 0 Å². The highest BCUT2D eigenvalue weighted by atomic mass is 16.2. The van der Waals surface area contributed by atoms with E-state index in [-0.39, 0.29) is 5.91 Å². The third-order valence-corrected chi connectivity index (χ3v) is 3.38. The lowest BCUT2D eigenvalue weighted by Gasteiger charge is -2.30. The fourth-order valence-corrected chi connectivity index (χ4v) is 2.18. The van der Waals surface area contributed by atoms with Crippen molar-refractivity contribution in [2.24, 2.45) is 5.92 Å². The van der Waals surface area contributed by atoms with Crippen LogP contribution in [0.5, 0.6) is 0 Å². The van der Waals surface area contributed by atoms with Gasteiger partial charge in [0.2, 0.25) is 0 Å². The summed E-state index contributed by atoms with van der Waals surface area (Å²) in [4.78, 5) is 14.2. The van der Waals surface area contributed by atoms with Crippen LogP contribution in [0.3, 0.4) is 0 Å². The van der Waals surface area contributed by atoms with Gasteiger partial charge in [0.25, 0.3) is 5.91 Å². The maximum Gasteiger partial charge on any atom is 0.255 e. The van der Waals surface area contributed by atoms with Crippen LogP contribution < -0.4 is 0 Å². The molecule has 2 heteroatoms. The molecule has 1 heterocycles. The van der Waals surface area contributed by atoms with Crippen LogP contribution in [0.4, 0.5) is 0 Å². The van der Waals surface area contributed by atoms with Gasteiger partial charge in [-0.2, -0.15) is 0 Å². The number of terminal acetylenes is 1. The summed E-state index contributed by atoms with van der Waals surface area (Å²) in [6, 6.07) is 7.36. The van der Waals surface area contributed by atoms with Gasteiger partial charge in [-0.1, -0.05) is 25.0 Å². The number of likely N-dealkylation sites (tertiary alicyclic amines) is 1. The zero-order chi connectivity index (χ0) is 12.3. The molecule has 0 bridgehead atoms. The number of hydrogen-bond acceptors (Lipinski definition) is 1. The normalized spacial score (nSPS) is 16.6. The molecule has 1 aromatic rings. The summed E-state index contributed by atoms with van der Waals surface area (Å²) >= 11 is 0. The summed E-state index contributed by atoms with van der Waals surface area (Å²) in [5.41, 5.74) is 1.35. The van der Waals surface area contributed by atoms with E-state index in [1.807, 2.05) is 29.2 Å². The van der Waals surface area contributed by atoms with E-state index in [0.717, 1.165) is 31.8 Å². The van der Waals surface area contributed by atoms with Crippen LogP contribution in [0, 0.1) is 18.3 Å². The standard InChI is InChI=1S/C15H17NO/c1-3-13-6-4-5-7-14(13)15(17)16-10-8-12(2)9-11-16/h1,4-7,12H,8-11H2,2H3. The third kappa shape index (κ3) is 2.50. The van der Waals surface area contributed by atoms with E-state index >= 15 is 0 Å². The van der Waals surface area contributed by atoms with E-state index in [2.05, 4.69) is 12.8 Å². The van der Waals surface area contributed by atoms with E-state index in [0.29, 0.717) is 11.1 Å². The highest BCUT2D eigenvalue weighted by molar-refractivity contribution is 5.96. The Bertz CT molecular complexity index is 450. The third-order valence-electron chi connectivity index (χ3n) is 3.38. The maximum absolute atomic E-state index is 12.3. The number of nitrogens with zero attached hydrogens (tertiary/aromatic N) is 1.